The Labute approximate surface area is 188 Å². The Balaban J connectivity index is 1.80. The summed E-state index contributed by atoms with van der Waals surface area (Å²) in [5, 5.41) is 0.577. The lowest BCUT2D eigenvalue weighted by molar-refractivity contribution is -0.132. The second-order valence-corrected chi connectivity index (χ2v) is 7.97. The zero-order valence-corrected chi connectivity index (χ0v) is 19.0. The fraction of sp³-hybridized carbons (Fsp3) is 0.400. The summed E-state index contributed by atoms with van der Waals surface area (Å²) in [6.45, 7) is 9.25. The second kappa shape index (κ2) is 9.53. The lowest BCUT2D eigenvalue weighted by atomic mass is 10.1. The van der Waals surface area contributed by atoms with Gasteiger partial charge in [-0.3, -0.25) is 19.1 Å². The molecular formula is C25H30N4O3. The molecule has 0 bridgehead atoms. The summed E-state index contributed by atoms with van der Waals surface area (Å²) in [4.78, 5) is 34.9. The number of rotatable bonds is 6. The number of para-hydroxylation sites is 3. The summed E-state index contributed by atoms with van der Waals surface area (Å²) in [6, 6.07) is 14.9. The Hall–Kier alpha value is -3.19. The summed E-state index contributed by atoms with van der Waals surface area (Å²) in [5.41, 5.74) is 1.27. The van der Waals surface area contributed by atoms with Gasteiger partial charge >= 0.3 is 0 Å². The molecule has 3 aromatic rings. The van der Waals surface area contributed by atoms with Crippen molar-refractivity contribution in [2.45, 2.75) is 33.2 Å². The number of hydrogen-bond donors (Lipinski definition) is 0. The Bertz CT molecular complexity index is 1170. The maximum Gasteiger partial charge on any atom is 0.266 e. The Morgan fingerprint density at radius 2 is 1.72 bits per heavy atom. The average molecular weight is 435 g/mol. The number of carbonyl (C=O) groups excluding carboxylic acids is 1. The minimum Gasteiger partial charge on any atom is -0.492 e. The number of piperazine rings is 1. The van der Waals surface area contributed by atoms with E-state index < -0.39 is 0 Å². The standard InChI is InChI=1S/C25H30N4O3/c1-4-23(30)28-16-14-27(15-17-28)18(3)24-26-20-11-7-6-10-19(20)25(31)29(24)21-12-8-9-13-22(21)32-5-2/h6-13,18H,4-5,14-17H2,1-3H3. The molecule has 0 spiro atoms. The molecule has 32 heavy (non-hydrogen) atoms. The van der Waals surface area contributed by atoms with Crippen LogP contribution >= 0.6 is 0 Å². The predicted molar refractivity (Wildman–Crippen MR) is 125 cm³/mol. The summed E-state index contributed by atoms with van der Waals surface area (Å²) in [7, 11) is 0. The van der Waals surface area contributed by atoms with E-state index in [1.54, 1.807) is 4.57 Å². The van der Waals surface area contributed by atoms with Crippen LogP contribution in [0.1, 0.15) is 39.1 Å². The van der Waals surface area contributed by atoms with Crippen LogP contribution in [0.2, 0.25) is 0 Å². The molecular weight excluding hydrogens is 404 g/mol. The highest BCUT2D eigenvalue weighted by atomic mass is 16.5. The lowest BCUT2D eigenvalue weighted by Crippen LogP contribution is -2.49. The minimum atomic E-state index is -0.110. The molecule has 1 atom stereocenters. The van der Waals surface area contributed by atoms with Crippen molar-refractivity contribution in [1.82, 2.24) is 19.4 Å². The van der Waals surface area contributed by atoms with Crippen molar-refractivity contribution in [2.75, 3.05) is 32.8 Å². The van der Waals surface area contributed by atoms with Gasteiger partial charge in [0.05, 0.1) is 29.2 Å². The second-order valence-electron chi connectivity index (χ2n) is 7.97. The molecule has 2 aromatic carbocycles. The molecule has 1 amide bonds. The van der Waals surface area contributed by atoms with E-state index in [-0.39, 0.29) is 17.5 Å². The first kappa shape index (κ1) is 22.0. The zero-order valence-electron chi connectivity index (χ0n) is 19.0. The Morgan fingerprint density at radius 3 is 2.44 bits per heavy atom. The van der Waals surface area contributed by atoms with E-state index >= 15 is 0 Å². The normalized spacial score (nSPS) is 15.7. The third kappa shape index (κ3) is 4.12. The molecule has 0 aliphatic carbocycles. The van der Waals surface area contributed by atoms with E-state index in [1.165, 1.54) is 0 Å². The molecule has 7 nitrogen and oxygen atoms in total. The monoisotopic (exact) mass is 434 g/mol. The van der Waals surface area contributed by atoms with Crippen molar-refractivity contribution in [3.8, 4) is 11.4 Å². The van der Waals surface area contributed by atoms with Gasteiger partial charge in [0, 0.05) is 32.6 Å². The van der Waals surface area contributed by atoms with Crippen LogP contribution in [0.5, 0.6) is 5.75 Å². The smallest absolute Gasteiger partial charge is 0.266 e. The van der Waals surface area contributed by atoms with Gasteiger partial charge < -0.3 is 9.64 Å². The van der Waals surface area contributed by atoms with Crippen LogP contribution in [0.25, 0.3) is 16.6 Å². The Morgan fingerprint density at radius 1 is 1.03 bits per heavy atom. The number of nitrogens with zero attached hydrogens (tertiary/aromatic N) is 4. The number of hydrogen-bond acceptors (Lipinski definition) is 5. The molecule has 1 aliphatic rings. The van der Waals surface area contributed by atoms with Crippen molar-refractivity contribution in [1.29, 1.82) is 0 Å². The van der Waals surface area contributed by atoms with Crippen LogP contribution in [0.15, 0.2) is 53.3 Å². The van der Waals surface area contributed by atoms with Crippen molar-refractivity contribution in [2.24, 2.45) is 0 Å². The maximum absolute atomic E-state index is 13.7. The number of aromatic nitrogens is 2. The highest BCUT2D eigenvalue weighted by molar-refractivity contribution is 5.78. The highest BCUT2D eigenvalue weighted by Crippen LogP contribution is 2.28. The minimum absolute atomic E-state index is 0.107. The first-order valence-electron chi connectivity index (χ1n) is 11.3. The predicted octanol–water partition coefficient (Wildman–Crippen LogP) is 3.40. The number of amides is 1. The summed E-state index contributed by atoms with van der Waals surface area (Å²) in [6.07, 6.45) is 0.523. The van der Waals surface area contributed by atoms with Gasteiger partial charge in [-0.1, -0.05) is 31.2 Å². The van der Waals surface area contributed by atoms with Gasteiger partial charge in [-0.15, -0.1) is 0 Å². The summed E-state index contributed by atoms with van der Waals surface area (Å²) >= 11 is 0. The SMILES string of the molecule is CCOc1ccccc1-n1c(C(C)N2CCN(C(=O)CC)CC2)nc2ccccc2c1=O. The third-order valence-electron chi connectivity index (χ3n) is 6.10. The van der Waals surface area contributed by atoms with Crippen LogP contribution < -0.4 is 10.3 Å². The summed E-state index contributed by atoms with van der Waals surface area (Å²) < 4.78 is 7.54. The first-order chi connectivity index (χ1) is 15.5. The molecule has 1 fully saturated rings. The average Bonchev–Trinajstić information content (AvgIpc) is 2.84. The fourth-order valence-corrected chi connectivity index (χ4v) is 4.33. The zero-order chi connectivity index (χ0) is 22.7. The number of ether oxygens (including phenoxy) is 1. The number of fused-ring (bicyclic) bond motifs is 1. The largest absolute Gasteiger partial charge is 0.492 e. The van der Waals surface area contributed by atoms with Crippen LogP contribution in [0, 0.1) is 0 Å². The van der Waals surface area contributed by atoms with E-state index in [4.69, 9.17) is 9.72 Å². The molecule has 0 N–H and O–H groups in total. The molecule has 1 aromatic heterocycles. The van der Waals surface area contributed by atoms with Crippen LogP contribution in [-0.2, 0) is 4.79 Å². The van der Waals surface area contributed by atoms with Crippen LogP contribution in [-0.4, -0.2) is 58.0 Å². The first-order valence-corrected chi connectivity index (χ1v) is 11.3. The molecule has 1 aliphatic heterocycles. The molecule has 168 valence electrons. The van der Waals surface area contributed by atoms with E-state index in [1.807, 2.05) is 67.3 Å². The van der Waals surface area contributed by atoms with Gasteiger partial charge in [0.25, 0.3) is 5.56 Å². The Kier molecular flexibility index (Phi) is 6.55. The molecule has 0 saturated carbocycles. The van der Waals surface area contributed by atoms with Crippen molar-refractivity contribution in [3.05, 3.63) is 64.7 Å². The molecule has 1 saturated heterocycles. The molecule has 7 heteroatoms. The van der Waals surface area contributed by atoms with E-state index in [9.17, 15) is 9.59 Å². The number of benzene rings is 2. The van der Waals surface area contributed by atoms with Gasteiger partial charge in [-0.05, 0) is 38.1 Å². The molecule has 0 radical (unpaired) electrons. The topological polar surface area (TPSA) is 67.7 Å². The van der Waals surface area contributed by atoms with Crippen molar-refractivity contribution in [3.63, 3.8) is 0 Å². The lowest BCUT2D eigenvalue weighted by Gasteiger charge is -2.38. The van der Waals surface area contributed by atoms with Crippen molar-refractivity contribution >= 4 is 16.8 Å². The van der Waals surface area contributed by atoms with Gasteiger partial charge in [0.15, 0.2) is 0 Å². The van der Waals surface area contributed by atoms with Crippen LogP contribution in [0.4, 0.5) is 0 Å². The van der Waals surface area contributed by atoms with E-state index in [2.05, 4.69) is 11.8 Å². The molecule has 1 unspecified atom stereocenters. The quantitative estimate of drug-likeness (QED) is 0.595. The van der Waals surface area contributed by atoms with Gasteiger partial charge in [0.1, 0.15) is 11.6 Å². The maximum atomic E-state index is 13.7. The third-order valence-corrected chi connectivity index (χ3v) is 6.10. The highest BCUT2D eigenvalue weighted by Gasteiger charge is 2.28. The number of carbonyl (C=O) groups is 1. The van der Waals surface area contributed by atoms with Crippen LogP contribution in [0.3, 0.4) is 0 Å². The van der Waals surface area contributed by atoms with E-state index in [0.717, 1.165) is 13.1 Å². The molecule has 4 rings (SSSR count). The van der Waals surface area contributed by atoms with Crippen molar-refractivity contribution < 1.29 is 9.53 Å². The van der Waals surface area contributed by atoms with Gasteiger partial charge in [-0.2, -0.15) is 0 Å². The summed E-state index contributed by atoms with van der Waals surface area (Å²) in [5.74, 6) is 1.51. The fourth-order valence-electron chi connectivity index (χ4n) is 4.33. The van der Waals surface area contributed by atoms with E-state index in [0.29, 0.717) is 54.3 Å². The van der Waals surface area contributed by atoms with Gasteiger partial charge in [0.2, 0.25) is 5.91 Å². The van der Waals surface area contributed by atoms with Gasteiger partial charge in [-0.25, -0.2) is 4.98 Å². The molecule has 2 heterocycles.